The highest BCUT2D eigenvalue weighted by molar-refractivity contribution is 7.98. The van der Waals surface area contributed by atoms with Crippen LogP contribution >= 0.6 is 11.8 Å². The van der Waals surface area contributed by atoms with Gasteiger partial charge in [-0.2, -0.15) is 11.8 Å². The van der Waals surface area contributed by atoms with Gasteiger partial charge >= 0.3 is 0 Å². The summed E-state index contributed by atoms with van der Waals surface area (Å²) in [6.07, 6.45) is 8.65. The molecule has 0 saturated heterocycles. The van der Waals surface area contributed by atoms with Gasteiger partial charge in [-0.1, -0.05) is 0 Å². The van der Waals surface area contributed by atoms with Crippen molar-refractivity contribution in [1.29, 1.82) is 0 Å². The van der Waals surface area contributed by atoms with E-state index in [1.165, 1.54) is 18.6 Å². The molecule has 0 aromatic carbocycles. The highest BCUT2D eigenvalue weighted by atomic mass is 32.2. The minimum atomic E-state index is 1.02. The third kappa shape index (κ3) is 5.23. The van der Waals surface area contributed by atoms with Crippen LogP contribution in [0.4, 0.5) is 0 Å². The van der Waals surface area contributed by atoms with Crippen LogP contribution in [0.25, 0.3) is 0 Å². The fraction of sp³-hybridized carbons (Fsp3) is 0.727. The zero-order valence-corrected chi connectivity index (χ0v) is 10.5. The van der Waals surface area contributed by atoms with E-state index in [0.29, 0.717) is 0 Å². The summed E-state index contributed by atoms with van der Waals surface area (Å²) >= 11 is 1.93. The maximum atomic E-state index is 4.19. The molecule has 0 fully saturated rings. The van der Waals surface area contributed by atoms with Crippen LogP contribution < -0.4 is 5.32 Å². The van der Waals surface area contributed by atoms with Crippen molar-refractivity contribution in [3.63, 3.8) is 0 Å². The summed E-state index contributed by atoms with van der Waals surface area (Å²) in [4.78, 5) is 4.19. The van der Waals surface area contributed by atoms with Crippen LogP contribution in [0, 0.1) is 6.92 Å². The Morgan fingerprint density at radius 3 is 2.93 bits per heavy atom. The van der Waals surface area contributed by atoms with Crippen LogP contribution in [-0.4, -0.2) is 34.6 Å². The molecule has 0 aliphatic rings. The van der Waals surface area contributed by atoms with Crippen LogP contribution in [0.5, 0.6) is 0 Å². The van der Waals surface area contributed by atoms with E-state index in [4.69, 9.17) is 0 Å². The monoisotopic (exact) mass is 227 g/mol. The molecule has 3 nitrogen and oxygen atoms in total. The van der Waals surface area contributed by atoms with Crippen molar-refractivity contribution < 1.29 is 0 Å². The Kier molecular flexibility index (Phi) is 6.52. The van der Waals surface area contributed by atoms with Crippen molar-refractivity contribution in [3.8, 4) is 0 Å². The fourth-order valence-electron chi connectivity index (χ4n) is 1.46. The topological polar surface area (TPSA) is 29.9 Å². The summed E-state index contributed by atoms with van der Waals surface area (Å²) in [5, 5.41) is 3.45. The summed E-state index contributed by atoms with van der Waals surface area (Å²) in [5.41, 5.74) is 0. The number of imidazole rings is 1. The van der Waals surface area contributed by atoms with Gasteiger partial charge in [0, 0.05) is 25.5 Å². The maximum absolute atomic E-state index is 4.19. The Morgan fingerprint density at radius 1 is 1.40 bits per heavy atom. The van der Waals surface area contributed by atoms with Crippen molar-refractivity contribution >= 4 is 11.8 Å². The molecule has 0 aliphatic heterocycles. The van der Waals surface area contributed by atoms with Gasteiger partial charge < -0.3 is 9.88 Å². The number of aryl methyl sites for hydroxylation is 1. The Labute approximate surface area is 96.7 Å². The van der Waals surface area contributed by atoms with Crippen molar-refractivity contribution in [1.82, 2.24) is 14.9 Å². The zero-order valence-electron chi connectivity index (χ0n) is 9.70. The van der Waals surface area contributed by atoms with Crippen LogP contribution in [0.1, 0.15) is 18.7 Å². The quantitative estimate of drug-likeness (QED) is 0.688. The predicted molar refractivity (Wildman–Crippen MR) is 67.4 cm³/mol. The van der Waals surface area contributed by atoms with Crippen molar-refractivity contribution in [3.05, 3.63) is 18.2 Å². The molecule has 0 spiro atoms. The lowest BCUT2D eigenvalue weighted by atomic mass is 10.3. The van der Waals surface area contributed by atoms with Crippen molar-refractivity contribution in [2.75, 3.05) is 25.1 Å². The van der Waals surface area contributed by atoms with Gasteiger partial charge in [0.1, 0.15) is 5.82 Å². The zero-order chi connectivity index (χ0) is 10.9. The number of aromatic nitrogens is 2. The lowest BCUT2D eigenvalue weighted by molar-refractivity contribution is 0.573. The summed E-state index contributed by atoms with van der Waals surface area (Å²) in [6.45, 7) is 5.23. The lowest BCUT2D eigenvalue weighted by Crippen LogP contribution is -2.21. The lowest BCUT2D eigenvalue weighted by Gasteiger charge is -2.06. The Morgan fingerprint density at radius 2 is 2.27 bits per heavy atom. The molecule has 1 heterocycles. The smallest absolute Gasteiger partial charge is 0.105 e. The third-order valence-electron chi connectivity index (χ3n) is 2.41. The molecule has 0 aliphatic carbocycles. The molecule has 1 aromatic rings. The van der Waals surface area contributed by atoms with Crippen LogP contribution in [0.2, 0.25) is 0 Å². The van der Waals surface area contributed by atoms with Crippen LogP contribution in [-0.2, 0) is 6.54 Å². The molecule has 0 unspecified atom stereocenters. The summed E-state index contributed by atoms with van der Waals surface area (Å²) in [5.74, 6) is 2.38. The first-order chi connectivity index (χ1) is 7.34. The number of nitrogens with one attached hydrogen (secondary N) is 1. The Hall–Kier alpha value is -0.480. The van der Waals surface area contributed by atoms with Gasteiger partial charge in [-0.3, -0.25) is 0 Å². The maximum Gasteiger partial charge on any atom is 0.105 e. The Bertz CT molecular complexity index is 260. The van der Waals surface area contributed by atoms with Gasteiger partial charge in [0.25, 0.3) is 0 Å². The SMILES string of the molecule is CSCCCCNCCn1ccnc1C. The third-order valence-corrected chi connectivity index (χ3v) is 3.10. The normalized spacial score (nSPS) is 10.8. The minimum Gasteiger partial charge on any atom is -0.334 e. The number of hydrogen-bond donors (Lipinski definition) is 1. The molecule has 1 N–H and O–H groups in total. The summed E-state index contributed by atoms with van der Waals surface area (Å²) in [6, 6.07) is 0. The van der Waals surface area contributed by atoms with Gasteiger partial charge in [0.15, 0.2) is 0 Å². The van der Waals surface area contributed by atoms with E-state index in [1.807, 2.05) is 31.1 Å². The van der Waals surface area contributed by atoms with E-state index in [1.54, 1.807) is 0 Å². The van der Waals surface area contributed by atoms with E-state index in [0.717, 1.165) is 25.5 Å². The standard InChI is InChI=1S/C11H21N3S/c1-11-13-7-9-14(11)8-6-12-5-3-4-10-15-2/h7,9,12H,3-6,8,10H2,1-2H3. The molecule has 4 heteroatoms. The fourth-order valence-corrected chi connectivity index (χ4v) is 1.95. The second-order valence-electron chi connectivity index (χ2n) is 3.62. The molecule has 0 atom stereocenters. The Balaban J connectivity index is 1.96. The average molecular weight is 227 g/mol. The van der Waals surface area contributed by atoms with E-state index in [-0.39, 0.29) is 0 Å². The first-order valence-corrected chi connectivity index (χ1v) is 6.91. The van der Waals surface area contributed by atoms with Crippen LogP contribution in [0.15, 0.2) is 12.4 Å². The van der Waals surface area contributed by atoms with E-state index in [9.17, 15) is 0 Å². The minimum absolute atomic E-state index is 1.02. The van der Waals surface area contributed by atoms with E-state index >= 15 is 0 Å². The molecule has 0 saturated carbocycles. The van der Waals surface area contributed by atoms with Crippen molar-refractivity contribution in [2.45, 2.75) is 26.3 Å². The van der Waals surface area contributed by atoms with Gasteiger partial charge in [0.2, 0.25) is 0 Å². The number of rotatable bonds is 8. The second-order valence-corrected chi connectivity index (χ2v) is 4.60. The first kappa shape index (κ1) is 12.6. The van der Waals surface area contributed by atoms with Gasteiger partial charge in [0.05, 0.1) is 0 Å². The number of hydrogen-bond acceptors (Lipinski definition) is 3. The van der Waals surface area contributed by atoms with Gasteiger partial charge in [-0.05, 0) is 38.3 Å². The molecule has 0 bridgehead atoms. The molecule has 0 radical (unpaired) electrons. The number of nitrogens with zero attached hydrogens (tertiary/aromatic N) is 2. The second kappa shape index (κ2) is 7.77. The van der Waals surface area contributed by atoms with Crippen LogP contribution in [0.3, 0.4) is 0 Å². The number of unbranched alkanes of at least 4 members (excludes halogenated alkanes) is 1. The molecule has 1 rings (SSSR count). The summed E-state index contributed by atoms with van der Waals surface area (Å²) < 4.78 is 2.18. The van der Waals surface area contributed by atoms with Crippen molar-refractivity contribution in [2.24, 2.45) is 0 Å². The molecular weight excluding hydrogens is 206 g/mol. The highest BCUT2D eigenvalue weighted by Crippen LogP contribution is 1.98. The average Bonchev–Trinajstić information content (AvgIpc) is 2.63. The van der Waals surface area contributed by atoms with Gasteiger partial charge in [-0.25, -0.2) is 4.98 Å². The molecule has 1 aromatic heterocycles. The molecule has 86 valence electrons. The predicted octanol–water partition coefficient (Wildman–Crippen LogP) is 1.92. The molecular formula is C11H21N3S. The van der Waals surface area contributed by atoms with Gasteiger partial charge in [-0.15, -0.1) is 0 Å². The molecule has 0 amide bonds. The van der Waals surface area contributed by atoms with E-state index < -0.39 is 0 Å². The molecule has 15 heavy (non-hydrogen) atoms. The first-order valence-electron chi connectivity index (χ1n) is 5.52. The number of thioether (sulfide) groups is 1. The summed E-state index contributed by atoms with van der Waals surface area (Å²) in [7, 11) is 0. The van der Waals surface area contributed by atoms with E-state index in [2.05, 4.69) is 21.1 Å². The highest BCUT2D eigenvalue weighted by Gasteiger charge is 1.95. The largest absolute Gasteiger partial charge is 0.334 e.